The molecule has 0 spiro atoms. The Bertz CT molecular complexity index is 1000. The lowest BCUT2D eigenvalue weighted by Gasteiger charge is -2.14. The summed E-state index contributed by atoms with van der Waals surface area (Å²) in [6.45, 7) is 5.58. The molecule has 0 fully saturated rings. The van der Waals surface area contributed by atoms with E-state index in [0.717, 1.165) is 29.8 Å². The smallest absolute Gasteiger partial charge is 0.251 e. The number of ether oxygens (including phenoxy) is 3. The molecule has 7 heteroatoms. The number of imidazole rings is 1. The number of nitrogens with one attached hydrogen (secondary N) is 1. The van der Waals surface area contributed by atoms with E-state index >= 15 is 0 Å². The molecule has 3 aromatic rings. The normalized spacial score (nSPS) is 11.0. The van der Waals surface area contributed by atoms with Crippen molar-refractivity contribution in [3.63, 3.8) is 0 Å². The Balaban J connectivity index is 1.84. The highest BCUT2D eigenvalue weighted by Gasteiger charge is 2.18. The van der Waals surface area contributed by atoms with Crippen molar-refractivity contribution in [3.05, 3.63) is 47.8 Å². The zero-order chi connectivity index (χ0) is 21.7. The first kappa shape index (κ1) is 21.5. The Morgan fingerprint density at radius 1 is 1.07 bits per heavy atom. The molecular formula is C23H29N3O4. The zero-order valence-corrected chi connectivity index (χ0v) is 18.2. The third-order valence-corrected chi connectivity index (χ3v) is 5.00. The maximum absolute atomic E-state index is 12.8. The van der Waals surface area contributed by atoms with Crippen molar-refractivity contribution in [3.8, 4) is 17.2 Å². The van der Waals surface area contributed by atoms with Gasteiger partial charge in [-0.15, -0.1) is 0 Å². The number of hydrogen-bond donors (Lipinski definition) is 1. The van der Waals surface area contributed by atoms with Gasteiger partial charge in [0, 0.05) is 12.1 Å². The molecule has 0 aliphatic carbocycles. The van der Waals surface area contributed by atoms with Crippen LogP contribution in [0.1, 0.15) is 36.5 Å². The van der Waals surface area contributed by atoms with E-state index in [2.05, 4.69) is 29.8 Å². The summed E-state index contributed by atoms with van der Waals surface area (Å²) in [6, 6.07) is 11.3. The van der Waals surface area contributed by atoms with Crippen LogP contribution in [0, 0.1) is 5.92 Å². The average molecular weight is 412 g/mol. The number of carbonyl (C=O) groups excluding carboxylic acids is 1. The number of para-hydroxylation sites is 2. The molecule has 160 valence electrons. The van der Waals surface area contributed by atoms with Gasteiger partial charge >= 0.3 is 0 Å². The van der Waals surface area contributed by atoms with E-state index in [9.17, 15) is 4.79 Å². The van der Waals surface area contributed by atoms with Gasteiger partial charge in [-0.3, -0.25) is 4.79 Å². The summed E-state index contributed by atoms with van der Waals surface area (Å²) in [6.07, 6.45) is 1.04. The van der Waals surface area contributed by atoms with E-state index < -0.39 is 0 Å². The van der Waals surface area contributed by atoms with Gasteiger partial charge in [0.25, 0.3) is 5.91 Å². The zero-order valence-electron chi connectivity index (χ0n) is 18.2. The summed E-state index contributed by atoms with van der Waals surface area (Å²) < 4.78 is 18.2. The fourth-order valence-corrected chi connectivity index (χ4v) is 3.37. The number of methoxy groups -OCH3 is 3. The first-order valence-corrected chi connectivity index (χ1v) is 10.0. The third kappa shape index (κ3) is 4.50. The minimum absolute atomic E-state index is 0.239. The monoisotopic (exact) mass is 411 g/mol. The Morgan fingerprint density at radius 3 is 2.33 bits per heavy atom. The summed E-state index contributed by atoms with van der Waals surface area (Å²) in [7, 11) is 4.58. The summed E-state index contributed by atoms with van der Waals surface area (Å²) >= 11 is 0. The Hall–Kier alpha value is -3.22. The average Bonchev–Trinajstić information content (AvgIpc) is 3.12. The molecule has 2 aromatic carbocycles. The second kappa shape index (κ2) is 9.52. The van der Waals surface area contributed by atoms with Crippen molar-refractivity contribution in [1.82, 2.24) is 14.9 Å². The van der Waals surface area contributed by atoms with Gasteiger partial charge in [-0.2, -0.15) is 0 Å². The highest BCUT2D eigenvalue weighted by Crippen LogP contribution is 2.38. The topological polar surface area (TPSA) is 74.6 Å². The van der Waals surface area contributed by atoms with E-state index in [4.69, 9.17) is 19.2 Å². The molecule has 0 aliphatic heterocycles. The third-order valence-electron chi connectivity index (χ3n) is 5.00. The number of amides is 1. The van der Waals surface area contributed by atoms with Crippen LogP contribution < -0.4 is 19.5 Å². The van der Waals surface area contributed by atoms with Gasteiger partial charge in [0.15, 0.2) is 11.5 Å². The van der Waals surface area contributed by atoms with Gasteiger partial charge in [-0.25, -0.2) is 4.98 Å². The largest absolute Gasteiger partial charge is 0.493 e. The van der Waals surface area contributed by atoms with E-state index in [1.165, 1.54) is 21.3 Å². The van der Waals surface area contributed by atoms with Crippen LogP contribution in [0.3, 0.4) is 0 Å². The Morgan fingerprint density at radius 2 is 1.73 bits per heavy atom. The van der Waals surface area contributed by atoms with Crippen molar-refractivity contribution in [2.45, 2.75) is 33.4 Å². The number of aromatic nitrogens is 2. The van der Waals surface area contributed by atoms with Crippen LogP contribution in [0.2, 0.25) is 0 Å². The molecule has 3 rings (SSSR count). The lowest BCUT2D eigenvalue weighted by atomic mass is 10.1. The summed E-state index contributed by atoms with van der Waals surface area (Å²) in [5.41, 5.74) is 2.43. The molecule has 7 nitrogen and oxygen atoms in total. The lowest BCUT2D eigenvalue weighted by Crippen LogP contribution is -2.25. The number of nitrogens with zero attached hydrogens (tertiary/aromatic N) is 2. The highest BCUT2D eigenvalue weighted by atomic mass is 16.5. The summed E-state index contributed by atoms with van der Waals surface area (Å²) in [4.78, 5) is 17.6. The second-order valence-electron chi connectivity index (χ2n) is 7.45. The molecule has 30 heavy (non-hydrogen) atoms. The molecule has 1 amide bonds. The molecule has 1 N–H and O–H groups in total. The SMILES string of the molecule is COc1cc(C(=O)NCc2nc3ccccc3n2CCC(C)C)cc(OC)c1OC. The van der Waals surface area contributed by atoms with Crippen LogP contribution in [0.4, 0.5) is 0 Å². The molecule has 1 aromatic heterocycles. The number of carbonyl (C=O) groups is 1. The molecular weight excluding hydrogens is 382 g/mol. The van der Waals surface area contributed by atoms with Gasteiger partial charge in [0.05, 0.1) is 38.9 Å². The lowest BCUT2D eigenvalue weighted by molar-refractivity contribution is 0.0948. The minimum atomic E-state index is -0.239. The van der Waals surface area contributed by atoms with Crippen LogP contribution in [-0.4, -0.2) is 36.8 Å². The predicted octanol–water partition coefficient (Wildman–Crippen LogP) is 4.04. The van der Waals surface area contributed by atoms with Crippen molar-refractivity contribution < 1.29 is 19.0 Å². The summed E-state index contributed by atoms with van der Waals surface area (Å²) in [5.74, 6) is 2.49. The van der Waals surface area contributed by atoms with Crippen LogP contribution in [0.15, 0.2) is 36.4 Å². The van der Waals surface area contributed by atoms with Crippen LogP contribution >= 0.6 is 0 Å². The molecule has 0 aliphatic rings. The number of benzene rings is 2. The van der Waals surface area contributed by atoms with E-state index in [0.29, 0.717) is 35.3 Å². The van der Waals surface area contributed by atoms with Crippen molar-refractivity contribution in [2.75, 3.05) is 21.3 Å². The van der Waals surface area contributed by atoms with Gasteiger partial charge in [-0.1, -0.05) is 26.0 Å². The number of aryl methyl sites for hydroxylation is 1. The standard InChI is InChI=1S/C23H29N3O4/c1-15(2)10-11-26-18-9-7-6-8-17(18)25-21(26)14-24-23(27)16-12-19(28-3)22(30-5)20(13-16)29-4/h6-9,12-13,15H,10-11,14H2,1-5H3,(H,24,27). The molecule has 0 bridgehead atoms. The molecule has 0 saturated heterocycles. The molecule has 0 saturated carbocycles. The Labute approximate surface area is 177 Å². The fourth-order valence-electron chi connectivity index (χ4n) is 3.37. The van der Waals surface area contributed by atoms with E-state index in [-0.39, 0.29) is 5.91 Å². The van der Waals surface area contributed by atoms with E-state index in [1.54, 1.807) is 12.1 Å². The van der Waals surface area contributed by atoms with Gasteiger partial charge in [0.1, 0.15) is 5.82 Å². The van der Waals surface area contributed by atoms with Gasteiger partial charge in [-0.05, 0) is 36.6 Å². The second-order valence-corrected chi connectivity index (χ2v) is 7.45. The van der Waals surface area contributed by atoms with Crippen LogP contribution in [-0.2, 0) is 13.1 Å². The molecule has 0 unspecified atom stereocenters. The minimum Gasteiger partial charge on any atom is -0.493 e. The van der Waals surface area contributed by atoms with E-state index in [1.807, 2.05) is 18.2 Å². The highest BCUT2D eigenvalue weighted by molar-refractivity contribution is 5.95. The van der Waals surface area contributed by atoms with Crippen molar-refractivity contribution in [1.29, 1.82) is 0 Å². The Kier molecular flexibility index (Phi) is 6.82. The predicted molar refractivity (Wildman–Crippen MR) is 116 cm³/mol. The van der Waals surface area contributed by atoms with Gasteiger partial charge < -0.3 is 24.1 Å². The van der Waals surface area contributed by atoms with Crippen molar-refractivity contribution >= 4 is 16.9 Å². The molecule has 1 heterocycles. The fraction of sp³-hybridized carbons (Fsp3) is 0.391. The number of fused-ring (bicyclic) bond motifs is 1. The maximum atomic E-state index is 12.8. The van der Waals surface area contributed by atoms with Gasteiger partial charge in [0.2, 0.25) is 5.75 Å². The summed E-state index contributed by atoms with van der Waals surface area (Å²) in [5, 5.41) is 2.97. The van der Waals surface area contributed by atoms with Crippen LogP contribution in [0.25, 0.3) is 11.0 Å². The number of rotatable bonds is 9. The number of hydrogen-bond acceptors (Lipinski definition) is 5. The van der Waals surface area contributed by atoms with Crippen molar-refractivity contribution in [2.24, 2.45) is 5.92 Å². The van der Waals surface area contributed by atoms with Crippen LogP contribution in [0.5, 0.6) is 17.2 Å². The molecule has 0 radical (unpaired) electrons. The first-order valence-electron chi connectivity index (χ1n) is 10.0. The maximum Gasteiger partial charge on any atom is 0.251 e. The molecule has 0 atom stereocenters. The quantitative estimate of drug-likeness (QED) is 0.575. The first-order chi connectivity index (χ1) is 14.5.